The van der Waals surface area contributed by atoms with Crippen LogP contribution in [0.3, 0.4) is 0 Å². The molecule has 0 aliphatic carbocycles. The van der Waals surface area contributed by atoms with Gasteiger partial charge in [-0.1, -0.05) is 19.9 Å². The maximum atomic E-state index is 5.37. The van der Waals surface area contributed by atoms with Crippen LogP contribution in [-0.4, -0.2) is 42.7 Å². The molecule has 1 aromatic rings. The molecule has 0 unspecified atom stereocenters. The van der Waals surface area contributed by atoms with Gasteiger partial charge in [-0.2, -0.15) is 4.98 Å². The van der Waals surface area contributed by atoms with Crippen LogP contribution in [0.4, 0.5) is 5.82 Å². The Morgan fingerprint density at radius 3 is 2.67 bits per heavy atom. The van der Waals surface area contributed by atoms with Gasteiger partial charge < -0.3 is 15.0 Å². The number of anilines is 1. The van der Waals surface area contributed by atoms with E-state index in [1.54, 1.807) is 0 Å². The highest BCUT2D eigenvalue weighted by Crippen LogP contribution is 2.11. The molecule has 0 amide bonds. The minimum atomic E-state index is 0.651. The molecule has 4 heteroatoms. The van der Waals surface area contributed by atoms with Crippen LogP contribution in [0, 0.1) is 0 Å². The number of hydrogen-bond acceptors (Lipinski definition) is 4. The predicted molar refractivity (Wildman–Crippen MR) is 76.3 cm³/mol. The lowest BCUT2D eigenvalue weighted by Crippen LogP contribution is -2.25. The molecule has 102 valence electrons. The smallest absolute Gasteiger partial charge is 0.215 e. The molecule has 1 aromatic heterocycles. The zero-order valence-corrected chi connectivity index (χ0v) is 11.8. The van der Waals surface area contributed by atoms with Gasteiger partial charge in [-0.25, -0.2) is 0 Å². The third-order valence-corrected chi connectivity index (χ3v) is 2.87. The molecule has 18 heavy (non-hydrogen) atoms. The SMILES string of the molecule is CCOc1cccc(NCCCN(CC)CC)n1. The minimum absolute atomic E-state index is 0.651. The minimum Gasteiger partial charge on any atom is -0.478 e. The maximum absolute atomic E-state index is 5.37. The molecule has 0 bridgehead atoms. The van der Waals surface area contributed by atoms with E-state index in [9.17, 15) is 0 Å². The lowest BCUT2D eigenvalue weighted by Gasteiger charge is -2.17. The van der Waals surface area contributed by atoms with Crippen molar-refractivity contribution in [1.82, 2.24) is 9.88 Å². The van der Waals surface area contributed by atoms with E-state index < -0.39 is 0 Å². The summed E-state index contributed by atoms with van der Waals surface area (Å²) < 4.78 is 5.37. The van der Waals surface area contributed by atoms with Crippen molar-refractivity contribution in [1.29, 1.82) is 0 Å². The summed E-state index contributed by atoms with van der Waals surface area (Å²) in [4.78, 5) is 6.79. The summed E-state index contributed by atoms with van der Waals surface area (Å²) in [7, 11) is 0. The summed E-state index contributed by atoms with van der Waals surface area (Å²) in [6.45, 7) is 11.3. The molecule has 0 aliphatic rings. The van der Waals surface area contributed by atoms with Crippen molar-refractivity contribution >= 4 is 5.82 Å². The fourth-order valence-corrected chi connectivity index (χ4v) is 1.80. The molecule has 0 aliphatic heterocycles. The Bertz CT molecular complexity index is 327. The standard InChI is InChI=1S/C14H25N3O/c1-4-17(5-2)12-8-11-15-13-9-7-10-14(16-13)18-6-3/h7,9-10H,4-6,8,11-12H2,1-3H3,(H,15,16). The number of hydrogen-bond donors (Lipinski definition) is 1. The Morgan fingerprint density at radius 1 is 1.22 bits per heavy atom. The second kappa shape index (κ2) is 8.75. The molecule has 1 N–H and O–H groups in total. The van der Waals surface area contributed by atoms with Crippen molar-refractivity contribution in [3.05, 3.63) is 18.2 Å². The lowest BCUT2D eigenvalue weighted by molar-refractivity contribution is 0.303. The number of aromatic nitrogens is 1. The van der Waals surface area contributed by atoms with E-state index in [2.05, 4.69) is 29.0 Å². The van der Waals surface area contributed by atoms with Crippen molar-refractivity contribution in [2.45, 2.75) is 27.2 Å². The van der Waals surface area contributed by atoms with Crippen LogP contribution in [0.5, 0.6) is 5.88 Å². The number of rotatable bonds is 9. The van der Waals surface area contributed by atoms with E-state index in [0.717, 1.165) is 38.4 Å². The Morgan fingerprint density at radius 2 is 2.00 bits per heavy atom. The van der Waals surface area contributed by atoms with Crippen LogP contribution in [0.25, 0.3) is 0 Å². The molecular formula is C14H25N3O. The van der Waals surface area contributed by atoms with Crippen molar-refractivity contribution in [3.63, 3.8) is 0 Å². The van der Waals surface area contributed by atoms with E-state index >= 15 is 0 Å². The lowest BCUT2D eigenvalue weighted by atomic mass is 10.3. The summed E-state index contributed by atoms with van der Waals surface area (Å²) >= 11 is 0. The van der Waals surface area contributed by atoms with E-state index in [0.29, 0.717) is 12.5 Å². The molecular weight excluding hydrogens is 226 g/mol. The normalized spacial score (nSPS) is 10.7. The predicted octanol–water partition coefficient (Wildman–Crippen LogP) is 2.62. The van der Waals surface area contributed by atoms with Gasteiger partial charge in [-0.15, -0.1) is 0 Å². The maximum Gasteiger partial charge on any atom is 0.215 e. The zero-order chi connectivity index (χ0) is 13.2. The highest BCUT2D eigenvalue weighted by Gasteiger charge is 2.00. The first-order chi connectivity index (χ1) is 8.80. The Balaban J connectivity index is 2.28. The summed E-state index contributed by atoms with van der Waals surface area (Å²) in [5.41, 5.74) is 0. The van der Waals surface area contributed by atoms with Crippen molar-refractivity contribution in [3.8, 4) is 5.88 Å². The first-order valence-electron chi connectivity index (χ1n) is 6.86. The third kappa shape index (κ3) is 5.36. The average molecular weight is 251 g/mol. The number of nitrogens with zero attached hydrogens (tertiary/aromatic N) is 2. The van der Waals surface area contributed by atoms with Gasteiger partial charge in [0.15, 0.2) is 0 Å². The first-order valence-corrected chi connectivity index (χ1v) is 6.86. The second-order valence-corrected chi connectivity index (χ2v) is 4.10. The number of nitrogens with one attached hydrogen (secondary N) is 1. The van der Waals surface area contributed by atoms with Crippen LogP contribution in [0.1, 0.15) is 27.2 Å². The topological polar surface area (TPSA) is 37.4 Å². The highest BCUT2D eigenvalue weighted by atomic mass is 16.5. The van der Waals surface area contributed by atoms with E-state index in [1.165, 1.54) is 0 Å². The molecule has 0 spiro atoms. The van der Waals surface area contributed by atoms with Crippen LogP contribution >= 0.6 is 0 Å². The summed E-state index contributed by atoms with van der Waals surface area (Å²) in [5.74, 6) is 1.58. The Hall–Kier alpha value is -1.29. The van der Waals surface area contributed by atoms with Crippen molar-refractivity contribution < 1.29 is 4.74 Å². The summed E-state index contributed by atoms with van der Waals surface area (Å²) in [6.07, 6.45) is 1.13. The monoisotopic (exact) mass is 251 g/mol. The van der Waals surface area contributed by atoms with E-state index in [-0.39, 0.29) is 0 Å². The number of ether oxygens (including phenoxy) is 1. The fraction of sp³-hybridized carbons (Fsp3) is 0.643. The van der Waals surface area contributed by atoms with Crippen LogP contribution in [-0.2, 0) is 0 Å². The van der Waals surface area contributed by atoms with Gasteiger partial charge >= 0.3 is 0 Å². The first kappa shape index (κ1) is 14.8. The average Bonchev–Trinajstić information content (AvgIpc) is 2.40. The largest absolute Gasteiger partial charge is 0.478 e. The molecule has 0 radical (unpaired) electrons. The van der Waals surface area contributed by atoms with Crippen molar-refractivity contribution in [2.75, 3.05) is 38.1 Å². The third-order valence-electron chi connectivity index (χ3n) is 2.87. The molecule has 0 saturated heterocycles. The molecule has 0 fully saturated rings. The summed E-state index contributed by atoms with van der Waals surface area (Å²) in [6, 6.07) is 5.81. The van der Waals surface area contributed by atoms with Crippen LogP contribution in [0.2, 0.25) is 0 Å². The van der Waals surface area contributed by atoms with Gasteiger partial charge in [0, 0.05) is 12.6 Å². The summed E-state index contributed by atoms with van der Waals surface area (Å²) in [5, 5.41) is 3.33. The molecule has 0 aromatic carbocycles. The number of pyridine rings is 1. The van der Waals surface area contributed by atoms with Gasteiger partial charge in [0.25, 0.3) is 0 Å². The van der Waals surface area contributed by atoms with Gasteiger partial charge in [-0.3, -0.25) is 0 Å². The van der Waals surface area contributed by atoms with Crippen LogP contribution < -0.4 is 10.1 Å². The van der Waals surface area contributed by atoms with Gasteiger partial charge in [0.05, 0.1) is 6.61 Å². The zero-order valence-electron chi connectivity index (χ0n) is 11.8. The van der Waals surface area contributed by atoms with Gasteiger partial charge in [-0.05, 0) is 39.0 Å². The Labute approximate surface area is 110 Å². The Kier molecular flexibility index (Phi) is 7.18. The van der Waals surface area contributed by atoms with Gasteiger partial charge in [0.2, 0.25) is 5.88 Å². The van der Waals surface area contributed by atoms with Crippen molar-refractivity contribution in [2.24, 2.45) is 0 Å². The molecule has 0 saturated carbocycles. The molecule has 4 nitrogen and oxygen atoms in total. The second-order valence-electron chi connectivity index (χ2n) is 4.10. The van der Waals surface area contributed by atoms with E-state index in [1.807, 2.05) is 25.1 Å². The quantitative estimate of drug-likeness (QED) is 0.685. The molecule has 1 heterocycles. The van der Waals surface area contributed by atoms with E-state index in [4.69, 9.17) is 4.74 Å². The van der Waals surface area contributed by atoms with Gasteiger partial charge in [0.1, 0.15) is 5.82 Å². The fourth-order valence-electron chi connectivity index (χ4n) is 1.80. The molecule has 1 rings (SSSR count). The van der Waals surface area contributed by atoms with Crippen LogP contribution in [0.15, 0.2) is 18.2 Å². The highest BCUT2D eigenvalue weighted by molar-refractivity contribution is 5.36. The molecule has 0 atom stereocenters.